The van der Waals surface area contributed by atoms with Gasteiger partial charge in [-0.2, -0.15) is 5.10 Å². The van der Waals surface area contributed by atoms with E-state index in [4.69, 9.17) is 0 Å². The number of sulfonamides is 1. The molecule has 2 heterocycles. The molecule has 118 valence electrons. The third kappa shape index (κ3) is 3.82. The normalized spacial score (nSPS) is 11.5. The SMILES string of the molecule is O=S(=O)(NCCc1ccccc1)c1cnn(-c2ccccn2)c1. The molecule has 3 rings (SSSR count). The Labute approximate surface area is 134 Å². The maximum absolute atomic E-state index is 12.3. The number of rotatable bonds is 6. The second-order valence-electron chi connectivity index (χ2n) is 4.94. The summed E-state index contributed by atoms with van der Waals surface area (Å²) in [4.78, 5) is 4.25. The van der Waals surface area contributed by atoms with Crippen LogP contribution in [0, 0.1) is 0 Å². The molecule has 0 saturated heterocycles. The zero-order valence-corrected chi connectivity index (χ0v) is 13.1. The van der Waals surface area contributed by atoms with Crippen LogP contribution >= 0.6 is 0 Å². The molecule has 0 aliphatic carbocycles. The van der Waals surface area contributed by atoms with Crippen molar-refractivity contribution in [2.24, 2.45) is 0 Å². The van der Waals surface area contributed by atoms with E-state index in [1.165, 1.54) is 17.1 Å². The van der Waals surface area contributed by atoms with E-state index in [-0.39, 0.29) is 4.90 Å². The lowest BCUT2D eigenvalue weighted by Gasteiger charge is -2.04. The zero-order chi connectivity index (χ0) is 16.1. The standard InChI is InChI=1S/C16H16N4O2S/c21-23(22,19-11-9-14-6-2-1-3-7-14)15-12-18-20(13-15)16-8-4-5-10-17-16/h1-8,10,12-13,19H,9,11H2. The molecule has 0 spiro atoms. The van der Waals surface area contributed by atoms with Gasteiger partial charge in [-0.3, -0.25) is 0 Å². The van der Waals surface area contributed by atoms with Crippen molar-refractivity contribution in [3.05, 3.63) is 72.7 Å². The van der Waals surface area contributed by atoms with E-state index in [1.807, 2.05) is 36.4 Å². The van der Waals surface area contributed by atoms with Gasteiger partial charge in [0.25, 0.3) is 0 Å². The highest BCUT2D eigenvalue weighted by Gasteiger charge is 2.16. The van der Waals surface area contributed by atoms with E-state index in [9.17, 15) is 8.42 Å². The number of aromatic nitrogens is 3. The molecule has 0 aliphatic rings. The first-order valence-corrected chi connectivity index (χ1v) is 8.63. The van der Waals surface area contributed by atoms with Gasteiger partial charge in [-0.15, -0.1) is 0 Å². The molecule has 0 amide bonds. The van der Waals surface area contributed by atoms with Gasteiger partial charge < -0.3 is 0 Å². The molecule has 0 fully saturated rings. The predicted molar refractivity (Wildman–Crippen MR) is 86.7 cm³/mol. The molecule has 0 aliphatic heterocycles. The van der Waals surface area contributed by atoms with Crippen LogP contribution in [0.5, 0.6) is 0 Å². The van der Waals surface area contributed by atoms with Gasteiger partial charge in [-0.05, 0) is 24.1 Å². The third-order valence-electron chi connectivity index (χ3n) is 3.30. The number of benzene rings is 1. The topological polar surface area (TPSA) is 76.9 Å². The number of hydrogen-bond acceptors (Lipinski definition) is 4. The van der Waals surface area contributed by atoms with Crippen LogP contribution in [0.3, 0.4) is 0 Å². The van der Waals surface area contributed by atoms with Crippen molar-refractivity contribution in [2.75, 3.05) is 6.54 Å². The van der Waals surface area contributed by atoms with E-state index in [1.54, 1.807) is 18.3 Å². The minimum Gasteiger partial charge on any atom is -0.237 e. The second-order valence-corrected chi connectivity index (χ2v) is 6.71. The van der Waals surface area contributed by atoms with E-state index in [2.05, 4.69) is 14.8 Å². The number of nitrogens with one attached hydrogen (secondary N) is 1. The fourth-order valence-electron chi connectivity index (χ4n) is 2.12. The van der Waals surface area contributed by atoms with Gasteiger partial charge in [0, 0.05) is 12.7 Å². The Hall–Kier alpha value is -2.51. The quantitative estimate of drug-likeness (QED) is 0.748. The summed E-state index contributed by atoms with van der Waals surface area (Å²) < 4.78 is 28.6. The van der Waals surface area contributed by atoms with Crippen molar-refractivity contribution in [1.82, 2.24) is 19.5 Å². The average molecular weight is 328 g/mol. The summed E-state index contributed by atoms with van der Waals surface area (Å²) in [5, 5.41) is 4.05. The van der Waals surface area contributed by atoms with Crippen molar-refractivity contribution in [2.45, 2.75) is 11.3 Å². The van der Waals surface area contributed by atoms with Crippen LogP contribution in [-0.4, -0.2) is 29.7 Å². The second kappa shape index (κ2) is 6.72. The van der Waals surface area contributed by atoms with Crippen LogP contribution < -0.4 is 4.72 Å². The molecular weight excluding hydrogens is 312 g/mol. The average Bonchev–Trinajstić information content (AvgIpc) is 3.07. The Morgan fingerprint density at radius 1 is 1.04 bits per heavy atom. The Morgan fingerprint density at radius 2 is 1.83 bits per heavy atom. The van der Waals surface area contributed by atoms with Crippen molar-refractivity contribution in [1.29, 1.82) is 0 Å². The molecule has 23 heavy (non-hydrogen) atoms. The molecule has 0 radical (unpaired) electrons. The molecular formula is C16H16N4O2S. The fourth-order valence-corrected chi connectivity index (χ4v) is 3.08. The van der Waals surface area contributed by atoms with E-state index in [0.29, 0.717) is 18.8 Å². The molecule has 0 atom stereocenters. The zero-order valence-electron chi connectivity index (χ0n) is 12.3. The highest BCUT2D eigenvalue weighted by Crippen LogP contribution is 2.10. The molecule has 0 unspecified atom stereocenters. The van der Waals surface area contributed by atoms with Crippen molar-refractivity contribution >= 4 is 10.0 Å². The van der Waals surface area contributed by atoms with Crippen LogP contribution in [0.2, 0.25) is 0 Å². The van der Waals surface area contributed by atoms with Crippen LogP contribution in [-0.2, 0) is 16.4 Å². The van der Waals surface area contributed by atoms with Gasteiger partial charge in [0.1, 0.15) is 4.90 Å². The van der Waals surface area contributed by atoms with E-state index in [0.717, 1.165) is 5.56 Å². The van der Waals surface area contributed by atoms with E-state index >= 15 is 0 Å². The van der Waals surface area contributed by atoms with Gasteiger partial charge in [0.2, 0.25) is 10.0 Å². The highest BCUT2D eigenvalue weighted by molar-refractivity contribution is 7.89. The maximum atomic E-state index is 12.3. The smallest absolute Gasteiger partial charge is 0.237 e. The first kappa shape index (κ1) is 15.4. The van der Waals surface area contributed by atoms with Crippen molar-refractivity contribution < 1.29 is 8.42 Å². The maximum Gasteiger partial charge on any atom is 0.243 e. The summed E-state index contributed by atoms with van der Waals surface area (Å²) in [6.45, 7) is 0.334. The lowest BCUT2D eigenvalue weighted by molar-refractivity contribution is 0.581. The Balaban J connectivity index is 1.67. The monoisotopic (exact) mass is 328 g/mol. The van der Waals surface area contributed by atoms with Gasteiger partial charge in [0.05, 0.1) is 12.4 Å². The molecule has 6 nitrogen and oxygen atoms in total. The summed E-state index contributed by atoms with van der Waals surface area (Å²) in [6.07, 6.45) is 5.03. The Kier molecular flexibility index (Phi) is 4.50. The summed E-state index contributed by atoms with van der Waals surface area (Å²) >= 11 is 0. The summed E-state index contributed by atoms with van der Waals surface area (Å²) in [5.41, 5.74) is 1.08. The molecule has 0 saturated carbocycles. The van der Waals surface area contributed by atoms with Gasteiger partial charge >= 0.3 is 0 Å². The number of hydrogen-bond donors (Lipinski definition) is 1. The van der Waals surface area contributed by atoms with Crippen molar-refractivity contribution in [3.8, 4) is 5.82 Å². The highest BCUT2D eigenvalue weighted by atomic mass is 32.2. The van der Waals surface area contributed by atoms with Gasteiger partial charge in [-0.25, -0.2) is 22.8 Å². The van der Waals surface area contributed by atoms with E-state index < -0.39 is 10.0 Å². The molecule has 1 N–H and O–H groups in total. The molecule has 2 aromatic heterocycles. The number of pyridine rings is 1. The van der Waals surface area contributed by atoms with Crippen LogP contribution in [0.25, 0.3) is 5.82 Å². The first-order valence-electron chi connectivity index (χ1n) is 7.15. The fraction of sp³-hybridized carbons (Fsp3) is 0.125. The molecule has 7 heteroatoms. The van der Waals surface area contributed by atoms with Crippen molar-refractivity contribution in [3.63, 3.8) is 0 Å². The molecule has 0 bridgehead atoms. The van der Waals surface area contributed by atoms with Crippen LogP contribution in [0.15, 0.2) is 72.0 Å². The lowest BCUT2D eigenvalue weighted by atomic mass is 10.2. The van der Waals surface area contributed by atoms with Gasteiger partial charge in [0.15, 0.2) is 5.82 Å². The minimum absolute atomic E-state index is 0.121. The first-order chi connectivity index (χ1) is 11.1. The lowest BCUT2D eigenvalue weighted by Crippen LogP contribution is -2.25. The summed E-state index contributed by atoms with van der Waals surface area (Å²) in [5.74, 6) is 0.568. The Bertz CT molecular complexity index is 861. The molecule has 1 aromatic carbocycles. The number of nitrogens with zero attached hydrogens (tertiary/aromatic N) is 3. The Morgan fingerprint density at radius 3 is 2.57 bits per heavy atom. The van der Waals surface area contributed by atoms with Crippen LogP contribution in [0.1, 0.15) is 5.56 Å². The predicted octanol–water partition coefficient (Wildman–Crippen LogP) is 1.79. The summed E-state index contributed by atoms with van der Waals surface area (Å²) in [6, 6.07) is 15.1. The third-order valence-corrected chi connectivity index (χ3v) is 4.72. The largest absolute Gasteiger partial charge is 0.243 e. The minimum atomic E-state index is -3.58. The van der Waals surface area contributed by atoms with Gasteiger partial charge in [-0.1, -0.05) is 36.4 Å². The van der Waals surface area contributed by atoms with Crippen LogP contribution in [0.4, 0.5) is 0 Å². The molecule has 3 aromatic rings. The summed E-state index contributed by atoms with van der Waals surface area (Å²) in [7, 11) is -3.58.